The molecule has 0 radical (unpaired) electrons. The molecule has 96 valence electrons. The van der Waals surface area contributed by atoms with Gasteiger partial charge in [-0.25, -0.2) is 0 Å². The maximum atomic E-state index is 5.17. The third kappa shape index (κ3) is 2.58. The summed E-state index contributed by atoms with van der Waals surface area (Å²) in [5.74, 6) is 2.48. The zero-order valence-electron chi connectivity index (χ0n) is 10.6. The molecule has 3 rings (SSSR count). The molecule has 0 bridgehead atoms. The van der Waals surface area contributed by atoms with Crippen LogP contribution in [-0.2, 0) is 0 Å². The number of benzene rings is 2. The van der Waals surface area contributed by atoms with Crippen LogP contribution in [0.15, 0.2) is 58.4 Å². The number of hydrogen-bond donors (Lipinski definition) is 1. The Morgan fingerprint density at radius 3 is 2.68 bits per heavy atom. The van der Waals surface area contributed by atoms with Gasteiger partial charge in [-0.1, -0.05) is 12.1 Å². The second-order valence-electron chi connectivity index (χ2n) is 4.13. The van der Waals surface area contributed by atoms with E-state index in [0.717, 1.165) is 28.7 Å². The molecule has 0 amide bonds. The first-order valence-electron chi connectivity index (χ1n) is 6.04. The molecule has 1 N–H and O–H groups in total. The maximum absolute atomic E-state index is 5.17. The number of ether oxygens (including phenoxy) is 1. The van der Waals surface area contributed by atoms with Gasteiger partial charge in [-0.15, -0.1) is 11.8 Å². The van der Waals surface area contributed by atoms with Crippen molar-refractivity contribution in [3.05, 3.63) is 54.1 Å². The van der Waals surface area contributed by atoms with Crippen molar-refractivity contribution in [3.63, 3.8) is 0 Å². The number of rotatable bonds is 2. The Bertz CT molecular complexity index is 608. The summed E-state index contributed by atoms with van der Waals surface area (Å²) in [6.07, 6.45) is 0. The van der Waals surface area contributed by atoms with E-state index in [4.69, 9.17) is 4.74 Å². The van der Waals surface area contributed by atoms with Gasteiger partial charge >= 0.3 is 0 Å². The van der Waals surface area contributed by atoms with Crippen LogP contribution >= 0.6 is 11.8 Å². The zero-order valence-corrected chi connectivity index (χ0v) is 11.4. The molecule has 3 nitrogen and oxygen atoms in total. The van der Waals surface area contributed by atoms with Crippen molar-refractivity contribution in [2.24, 2.45) is 4.99 Å². The quantitative estimate of drug-likeness (QED) is 0.905. The Balaban J connectivity index is 1.90. The van der Waals surface area contributed by atoms with E-state index in [1.807, 2.05) is 36.4 Å². The molecule has 1 aliphatic heterocycles. The highest BCUT2D eigenvalue weighted by molar-refractivity contribution is 7.99. The lowest BCUT2D eigenvalue weighted by Gasteiger charge is -2.10. The van der Waals surface area contributed by atoms with Crippen LogP contribution in [0, 0.1) is 0 Å². The average Bonchev–Trinajstić information content (AvgIpc) is 2.69. The van der Waals surface area contributed by atoms with Crippen LogP contribution in [0.4, 0.5) is 5.69 Å². The van der Waals surface area contributed by atoms with Crippen LogP contribution in [0.25, 0.3) is 0 Å². The second-order valence-corrected chi connectivity index (χ2v) is 5.12. The van der Waals surface area contributed by atoms with Gasteiger partial charge < -0.3 is 10.1 Å². The van der Waals surface area contributed by atoms with E-state index in [0.29, 0.717) is 0 Å². The van der Waals surface area contributed by atoms with Crippen molar-refractivity contribution in [3.8, 4) is 5.75 Å². The summed E-state index contributed by atoms with van der Waals surface area (Å²) in [4.78, 5) is 5.82. The fraction of sp³-hybridized carbons (Fsp3) is 0.133. The molecule has 0 atom stereocenters. The highest BCUT2D eigenvalue weighted by Crippen LogP contribution is 2.30. The first-order valence-corrected chi connectivity index (χ1v) is 7.03. The van der Waals surface area contributed by atoms with Crippen LogP contribution < -0.4 is 10.1 Å². The summed E-state index contributed by atoms with van der Waals surface area (Å²) in [7, 11) is 1.67. The molecule has 0 saturated carbocycles. The molecular formula is C15H14N2OS. The summed E-state index contributed by atoms with van der Waals surface area (Å²) in [5, 5.41) is 3.40. The van der Waals surface area contributed by atoms with Gasteiger partial charge in [0.2, 0.25) is 0 Å². The minimum Gasteiger partial charge on any atom is -0.497 e. The summed E-state index contributed by atoms with van der Waals surface area (Å²) >= 11 is 1.74. The number of aliphatic imine (C=N–C) groups is 1. The van der Waals surface area contributed by atoms with E-state index in [9.17, 15) is 0 Å². The molecule has 0 unspecified atom stereocenters. The SMILES string of the molecule is COc1ccc(C2=NCSc3ccccc3N2)cc1. The number of nitrogens with one attached hydrogen (secondary N) is 1. The van der Waals surface area contributed by atoms with Gasteiger partial charge in [-0.05, 0) is 36.4 Å². The number of thioether (sulfide) groups is 1. The van der Waals surface area contributed by atoms with E-state index in [2.05, 4.69) is 22.4 Å². The van der Waals surface area contributed by atoms with Gasteiger partial charge in [0.05, 0.1) is 18.7 Å². The maximum Gasteiger partial charge on any atom is 0.133 e. The first kappa shape index (κ1) is 12.1. The van der Waals surface area contributed by atoms with Crippen molar-refractivity contribution in [2.75, 3.05) is 18.3 Å². The lowest BCUT2D eigenvalue weighted by atomic mass is 10.2. The Labute approximate surface area is 116 Å². The van der Waals surface area contributed by atoms with Gasteiger partial charge in [0, 0.05) is 10.5 Å². The van der Waals surface area contributed by atoms with Crippen LogP contribution in [0.5, 0.6) is 5.75 Å². The number of fused-ring (bicyclic) bond motifs is 1. The average molecular weight is 270 g/mol. The third-order valence-corrected chi connectivity index (χ3v) is 3.87. The Morgan fingerprint density at radius 1 is 1.11 bits per heavy atom. The minimum absolute atomic E-state index is 0.728. The smallest absolute Gasteiger partial charge is 0.133 e. The molecule has 1 heterocycles. The minimum atomic E-state index is 0.728. The molecule has 0 fully saturated rings. The predicted octanol–water partition coefficient (Wildman–Crippen LogP) is 3.62. The van der Waals surface area contributed by atoms with Crippen molar-refractivity contribution in [1.82, 2.24) is 0 Å². The zero-order chi connectivity index (χ0) is 13.1. The van der Waals surface area contributed by atoms with Crippen LogP contribution in [-0.4, -0.2) is 18.8 Å². The van der Waals surface area contributed by atoms with Gasteiger partial charge in [0.1, 0.15) is 11.6 Å². The summed E-state index contributed by atoms with van der Waals surface area (Å²) in [6, 6.07) is 16.2. The lowest BCUT2D eigenvalue weighted by Crippen LogP contribution is -2.13. The predicted molar refractivity (Wildman–Crippen MR) is 80.3 cm³/mol. The van der Waals surface area contributed by atoms with Crippen molar-refractivity contribution in [1.29, 1.82) is 0 Å². The molecule has 0 spiro atoms. The largest absolute Gasteiger partial charge is 0.497 e. The fourth-order valence-electron chi connectivity index (χ4n) is 1.94. The molecule has 0 saturated heterocycles. The molecule has 19 heavy (non-hydrogen) atoms. The van der Waals surface area contributed by atoms with Crippen molar-refractivity contribution >= 4 is 23.3 Å². The van der Waals surface area contributed by atoms with E-state index in [1.54, 1.807) is 18.9 Å². The third-order valence-electron chi connectivity index (χ3n) is 2.95. The number of hydrogen-bond acceptors (Lipinski definition) is 4. The van der Waals surface area contributed by atoms with Gasteiger partial charge in [-0.3, -0.25) is 4.99 Å². The number of amidine groups is 1. The highest BCUT2D eigenvalue weighted by atomic mass is 32.2. The number of methoxy groups -OCH3 is 1. The number of anilines is 1. The second kappa shape index (κ2) is 5.36. The Hall–Kier alpha value is -1.94. The standard InChI is InChI=1S/C15H14N2OS/c1-18-12-8-6-11(7-9-12)15-16-10-19-14-5-3-2-4-13(14)17-15/h2-9H,10H2,1H3,(H,16,17). The molecule has 4 heteroatoms. The van der Waals surface area contributed by atoms with Crippen LogP contribution in [0.1, 0.15) is 5.56 Å². The lowest BCUT2D eigenvalue weighted by molar-refractivity contribution is 0.415. The summed E-state index contributed by atoms with van der Waals surface area (Å²) in [5.41, 5.74) is 2.18. The molecule has 2 aromatic carbocycles. The first-order chi connectivity index (χ1) is 9.36. The van der Waals surface area contributed by atoms with E-state index in [1.165, 1.54) is 4.90 Å². The topological polar surface area (TPSA) is 33.6 Å². The molecule has 0 aromatic heterocycles. The molecular weight excluding hydrogens is 256 g/mol. The van der Waals surface area contributed by atoms with Crippen LogP contribution in [0.3, 0.4) is 0 Å². The number of nitrogens with zero attached hydrogens (tertiary/aromatic N) is 1. The van der Waals surface area contributed by atoms with E-state index >= 15 is 0 Å². The van der Waals surface area contributed by atoms with Gasteiger partial charge in [0.25, 0.3) is 0 Å². The fourth-order valence-corrected chi connectivity index (χ4v) is 2.72. The Morgan fingerprint density at radius 2 is 1.89 bits per heavy atom. The highest BCUT2D eigenvalue weighted by Gasteiger charge is 2.11. The summed E-state index contributed by atoms with van der Waals surface area (Å²) in [6.45, 7) is 0. The van der Waals surface area contributed by atoms with E-state index in [-0.39, 0.29) is 0 Å². The van der Waals surface area contributed by atoms with Crippen molar-refractivity contribution in [2.45, 2.75) is 4.90 Å². The van der Waals surface area contributed by atoms with Gasteiger partial charge in [0.15, 0.2) is 0 Å². The molecule has 0 aliphatic carbocycles. The normalized spacial score (nSPS) is 13.8. The van der Waals surface area contributed by atoms with Gasteiger partial charge in [-0.2, -0.15) is 0 Å². The Kier molecular flexibility index (Phi) is 3.42. The van der Waals surface area contributed by atoms with E-state index < -0.39 is 0 Å². The monoisotopic (exact) mass is 270 g/mol. The summed E-state index contributed by atoms with van der Waals surface area (Å²) < 4.78 is 5.17. The van der Waals surface area contributed by atoms with Crippen molar-refractivity contribution < 1.29 is 4.74 Å². The molecule has 2 aromatic rings. The molecule has 1 aliphatic rings. The van der Waals surface area contributed by atoms with Crippen LogP contribution in [0.2, 0.25) is 0 Å². The number of para-hydroxylation sites is 1.